The van der Waals surface area contributed by atoms with E-state index >= 15 is 0 Å². The molecule has 2 aliphatic rings. The van der Waals surface area contributed by atoms with E-state index < -0.39 is 29.3 Å². The molecule has 0 unspecified atom stereocenters. The van der Waals surface area contributed by atoms with Crippen molar-refractivity contribution >= 4 is 29.1 Å². The summed E-state index contributed by atoms with van der Waals surface area (Å²) in [7, 11) is 0. The van der Waals surface area contributed by atoms with Crippen LogP contribution in [0.2, 0.25) is 0 Å². The van der Waals surface area contributed by atoms with E-state index in [1.54, 1.807) is 12.1 Å². The molecule has 0 aliphatic carbocycles. The Bertz CT molecular complexity index is 860. The SMILES string of the molecule is CC1=CC(=C2C(=O)NC(=S)NC2=O)C=C(C(F)(F)F)N1Cc1ccco1. The molecule has 136 valence electrons. The molecule has 26 heavy (non-hydrogen) atoms. The number of hydrogen-bond donors (Lipinski definition) is 2. The quantitative estimate of drug-likeness (QED) is 0.466. The second-order valence-corrected chi connectivity index (χ2v) is 5.95. The molecule has 0 atom stereocenters. The number of hydrogen-bond acceptors (Lipinski definition) is 5. The summed E-state index contributed by atoms with van der Waals surface area (Å²) in [5.74, 6) is -1.37. The molecule has 3 heterocycles. The fraction of sp³-hybridized carbons (Fsp3) is 0.188. The van der Waals surface area contributed by atoms with Crippen LogP contribution < -0.4 is 10.6 Å². The molecular formula is C16H12F3N3O3S. The summed E-state index contributed by atoms with van der Waals surface area (Å²) in [6.45, 7) is 1.30. The molecule has 0 radical (unpaired) electrons. The van der Waals surface area contributed by atoms with Crippen molar-refractivity contribution in [1.29, 1.82) is 0 Å². The van der Waals surface area contributed by atoms with E-state index in [1.807, 2.05) is 0 Å². The molecule has 0 saturated carbocycles. The highest BCUT2D eigenvalue weighted by atomic mass is 32.1. The predicted molar refractivity (Wildman–Crippen MR) is 88.1 cm³/mol. The third-order valence-corrected chi connectivity index (χ3v) is 3.96. The molecule has 2 aliphatic heterocycles. The lowest BCUT2D eigenvalue weighted by atomic mass is 9.99. The molecule has 1 saturated heterocycles. The minimum atomic E-state index is -4.70. The van der Waals surface area contributed by atoms with Gasteiger partial charge in [0, 0.05) is 5.70 Å². The standard InChI is InChI=1S/C16H12F3N3O3S/c1-8-5-9(12-13(23)20-15(26)21-14(12)24)6-11(16(17,18)19)22(8)7-10-3-2-4-25-10/h2-6H,7H2,1H3,(H2,20,21,23,24,26). The van der Waals surface area contributed by atoms with Gasteiger partial charge in [-0.15, -0.1) is 0 Å². The number of rotatable bonds is 2. The number of furan rings is 1. The number of carbonyl (C=O) groups excluding carboxylic acids is 2. The zero-order valence-corrected chi connectivity index (χ0v) is 14.1. The number of nitrogens with one attached hydrogen (secondary N) is 2. The minimum absolute atomic E-state index is 0.147. The van der Waals surface area contributed by atoms with Gasteiger partial charge in [0.1, 0.15) is 17.0 Å². The van der Waals surface area contributed by atoms with Gasteiger partial charge in [0.2, 0.25) is 0 Å². The number of amides is 2. The van der Waals surface area contributed by atoms with E-state index in [2.05, 4.69) is 22.9 Å². The van der Waals surface area contributed by atoms with Gasteiger partial charge < -0.3 is 9.32 Å². The molecule has 0 aromatic carbocycles. The first-order valence-corrected chi connectivity index (χ1v) is 7.75. The van der Waals surface area contributed by atoms with E-state index in [-0.39, 0.29) is 22.9 Å². The molecule has 1 aromatic heterocycles. The summed E-state index contributed by atoms with van der Waals surface area (Å²) in [5.41, 5.74) is -1.39. The highest BCUT2D eigenvalue weighted by molar-refractivity contribution is 7.80. The van der Waals surface area contributed by atoms with Crippen molar-refractivity contribution in [2.24, 2.45) is 0 Å². The van der Waals surface area contributed by atoms with Crippen molar-refractivity contribution in [3.8, 4) is 0 Å². The third kappa shape index (κ3) is 3.40. The molecule has 0 spiro atoms. The lowest BCUT2D eigenvalue weighted by molar-refractivity contribution is -0.123. The average Bonchev–Trinajstić information content (AvgIpc) is 3.00. The summed E-state index contributed by atoms with van der Waals surface area (Å²) < 4.78 is 45.9. The van der Waals surface area contributed by atoms with Crippen LogP contribution in [0.3, 0.4) is 0 Å². The Balaban J connectivity index is 2.07. The summed E-state index contributed by atoms with van der Waals surface area (Å²) in [5, 5.41) is 4.22. The Kier molecular flexibility index (Phi) is 4.45. The van der Waals surface area contributed by atoms with E-state index in [0.29, 0.717) is 5.76 Å². The number of halogens is 3. The number of carbonyl (C=O) groups is 2. The summed E-state index contributed by atoms with van der Waals surface area (Å²) in [6.07, 6.45) is -1.24. The first kappa shape index (κ1) is 17.9. The van der Waals surface area contributed by atoms with Gasteiger partial charge in [0.25, 0.3) is 11.8 Å². The lowest BCUT2D eigenvalue weighted by Gasteiger charge is -2.32. The first-order chi connectivity index (χ1) is 12.2. The summed E-state index contributed by atoms with van der Waals surface area (Å²) >= 11 is 4.69. The number of allylic oxidation sites excluding steroid dienone is 5. The van der Waals surface area contributed by atoms with E-state index in [1.165, 1.54) is 19.3 Å². The lowest BCUT2D eigenvalue weighted by Crippen LogP contribution is -2.51. The van der Waals surface area contributed by atoms with Crippen LogP contribution in [-0.2, 0) is 16.1 Å². The van der Waals surface area contributed by atoms with Crippen molar-refractivity contribution in [1.82, 2.24) is 15.5 Å². The van der Waals surface area contributed by atoms with Crippen molar-refractivity contribution in [3.63, 3.8) is 0 Å². The van der Waals surface area contributed by atoms with Gasteiger partial charge in [0.15, 0.2) is 5.11 Å². The monoisotopic (exact) mass is 383 g/mol. The number of thiocarbonyl (C=S) groups is 1. The molecule has 1 fully saturated rings. The highest BCUT2D eigenvalue weighted by Crippen LogP contribution is 2.37. The highest BCUT2D eigenvalue weighted by Gasteiger charge is 2.41. The van der Waals surface area contributed by atoms with E-state index in [9.17, 15) is 22.8 Å². The predicted octanol–water partition coefficient (Wildman–Crippen LogP) is 2.27. The molecular weight excluding hydrogens is 371 g/mol. The van der Waals surface area contributed by atoms with Gasteiger partial charge in [-0.25, -0.2) is 0 Å². The number of alkyl halides is 3. The van der Waals surface area contributed by atoms with Gasteiger partial charge in [0.05, 0.1) is 12.8 Å². The first-order valence-electron chi connectivity index (χ1n) is 7.35. The normalized spacial score (nSPS) is 18.5. The Labute approximate surface area is 151 Å². The molecule has 3 rings (SSSR count). The smallest absolute Gasteiger partial charge is 0.431 e. The van der Waals surface area contributed by atoms with Gasteiger partial charge in [-0.3, -0.25) is 20.2 Å². The molecule has 10 heteroatoms. The number of nitrogens with zero attached hydrogens (tertiary/aromatic N) is 1. The van der Waals surface area contributed by atoms with Gasteiger partial charge >= 0.3 is 6.18 Å². The fourth-order valence-corrected chi connectivity index (χ4v) is 2.82. The second-order valence-electron chi connectivity index (χ2n) is 5.55. The molecule has 1 aromatic rings. The largest absolute Gasteiger partial charge is 0.467 e. The van der Waals surface area contributed by atoms with E-state index in [0.717, 1.165) is 11.0 Å². The molecule has 2 amide bonds. The van der Waals surface area contributed by atoms with Crippen LogP contribution in [-0.4, -0.2) is 28.0 Å². The summed E-state index contributed by atoms with van der Waals surface area (Å²) in [4.78, 5) is 25.1. The Hall–Kier alpha value is -2.88. The van der Waals surface area contributed by atoms with Crippen LogP contribution in [0.15, 0.2) is 57.5 Å². The van der Waals surface area contributed by atoms with Crippen LogP contribution in [0, 0.1) is 0 Å². The Morgan fingerprint density at radius 2 is 1.85 bits per heavy atom. The van der Waals surface area contributed by atoms with Crippen LogP contribution in [0.5, 0.6) is 0 Å². The van der Waals surface area contributed by atoms with Crippen LogP contribution >= 0.6 is 12.2 Å². The maximum Gasteiger partial charge on any atom is 0.431 e. The van der Waals surface area contributed by atoms with E-state index in [4.69, 9.17) is 4.42 Å². The fourth-order valence-electron chi connectivity index (χ4n) is 2.64. The zero-order chi connectivity index (χ0) is 19.1. The minimum Gasteiger partial charge on any atom is -0.467 e. The maximum atomic E-state index is 13.6. The van der Waals surface area contributed by atoms with Gasteiger partial charge in [-0.05, 0) is 49.0 Å². The molecule has 6 nitrogen and oxygen atoms in total. The third-order valence-electron chi connectivity index (χ3n) is 3.75. The summed E-state index contributed by atoms with van der Waals surface area (Å²) in [6, 6.07) is 3.13. The maximum absolute atomic E-state index is 13.6. The van der Waals surface area contributed by atoms with Crippen molar-refractivity contribution < 1.29 is 27.2 Å². The molecule has 0 bridgehead atoms. The Morgan fingerprint density at radius 3 is 2.38 bits per heavy atom. The topological polar surface area (TPSA) is 74.6 Å². The van der Waals surface area contributed by atoms with Gasteiger partial charge in [-0.1, -0.05) is 0 Å². The van der Waals surface area contributed by atoms with Crippen molar-refractivity contribution in [2.45, 2.75) is 19.6 Å². The van der Waals surface area contributed by atoms with Crippen molar-refractivity contribution in [3.05, 3.63) is 58.8 Å². The zero-order valence-electron chi connectivity index (χ0n) is 13.3. The van der Waals surface area contributed by atoms with Gasteiger partial charge in [-0.2, -0.15) is 13.2 Å². The average molecular weight is 383 g/mol. The van der Waals surface area contributed by atoms with Crippen LogP contribution in [0.1, 0.15) is 12.7 Å². The van der Waals surface area contributed by atoms with Crippen LogP contribution in [0.25, 0.3) is 0 Å². The second kappa shape index (κ2) is 6.45. The van der Waals surface area contributed by atoms with Crippen molar-refractivity contribution in [2.75, 3.05) is 0 Å². The molecule has 2 N–H and O–H groups in total. The van der Waals surface area contributed by atoms with Crippen LogP contribution in [0.4, 0.5) is 13.2 Å². The Morgan fingerprint density at radius 1 is 1.19 bits per heavy atom.